The van der Waals surface area contributed by atoms with Crippen molar-refractivity contribution in [3.63, 3.8) is 0 Å². The maximum atomic E-state index is 13.4. The molecule has 9 nitrogen and oxygen atoms in total. The summed E-state index contributed by atoms with van der Waals surface area (Å²) in [6.07, 6.45) is 3.22. The van der Waals surface area contributed by atoms with Crippen molar-refractivity contribution in [1.82, 2.24) is 19.3 Å². The van der Waals surface area contributed by atoms with E-state index >= 15 is 0 Å². The van der Waals surface area contributed by atoms with Crippen LogP contribution in [0.3, 0.4) is 0 Å². The fourth-order valence-corrected chi connectivity index (χ4v) is 5.58. The molecule has 0 fully saturated rings. The number of aryl methyl sites for hydroxylation is 4. The number of fused-ring (bicyclic) bond motifs is 1. The second kappa shape index (κ2) is 9.54. The van der Waals surface area contributed by atoms with E-state index in [1.54, 1.807) is 18.5 Å². The van der Waals surface area contributed by atoms with E-state index in [0.717, 1.165) is 41.1 Å². The number of ether oxygens (including phenoxy) is 1. The summed E-state index contributed by atoms with van der Waals surface area (Å²) in [6, 6.07) is 2.44. The molecule has 0 bridgehead atoms. The third-order valence-electron chi connectivity index (χ3n) is 5.95. The van der Waals surface area contributed by atoms with Gasteiger partial charge in [0.15, 0.2) is 0 Å². The molecule has 10 heteroatoms. The first-order valence-electron chi connectivity index (χ1n) is 11.5. The zero-order valence-corrected chi connectivity index (χ0v) is 20.9. The quantitative estimate of drug-likeness (QED) is 0.515. The summed E-state index contributed by atoms with van der Waals surface area (Å²) in [5, 5.41) is 7.84. The zero-order chi connectivity index (χ0) is 24.6. The van der Waals surface area contributed by atoms with Gasteiger partial charge in [-0.05, 0) is 65.0 Å². The smallest absolute Gasteiger partial charge is 0.341 e. The highest BCUT2D eigenvalue weighted by atomic mass is 32.1. The number of carbonyl (C=O) groups excluding carboxylic acids is 2. The molecule has 0 aliphatic heterocycles. The number of aromatic nitrogens is 4. The Hall–Kier alpha value is -3.27. The second-order valence-electron chi connectivity index (χ2n) is 8.40. The minimum Gasteiger partial charge on any atom is -0.462 e. The minimum absolute atomic E-state index is 0.254. The predicted molar refractivity (Wildman–Crippen MR) is 130 cm³/mol. The zero-order valence-electron chi connectivity index (χ0n) is 20.1. The maximum absolute atomic E-state index is 13.4. The van der Waals surface area contributed by atoms with Gasteiger partial charge in [-0.15, -0.1) is 11.3 Å². The average Bonchev–Trinajstić information content (AvgIpc) is 3.46. The molecule has 4 rings (SSSR count). The van der Waals surface area contributed by atoms with E-state index in [4.69, 9.17) is 4.74 Å². The molecule has 0 aromatic carbocycles. The van der Waals surface area contributed by atoms with Gasteiger partial charge in [0.1, 0.15) is 11.0 Å². The van der Waals surface area contributed by atoms with Crippen LogP contribution in [0.25, 0.3) is 5.95 Å². The molecule has 0 saturated carbocycles. The number of esters is 1. The van der Waals surface area contributed by atoms with Crippen LogP contribution in [-0.2, 0) is 28.8 Å². The summed E-state index contributed by atoms with van der Waals surface area (Å²) in [5.41, 5.74) is 3.26. The van der Waals surface area contributed by atoms with Crippen LogP contribution < -0.4 is 10.9 Å². The summed E-state index contributed by atoms with van der Waals surface area (Å²) in [5.74, 6) is -0.558. The fraction of sp³-hybridized carbons (Fsp3) is 0.458. The van der Waals surface area contributed by atoms with Crippen LogP contribution in [0.5, 0.6) is 0 Å². The van der Waals surface area contributed by atoms with Crippen molar-refractivity contribution in [2.75, 3.05) is 11.9 Å². The number of nitrogens with one attached hydrogen (secondary N) is 1. The number of carbonyl (C=O) groups is 2. The molecule has 34 heavy (non-hydrogen) atoms. The summed E-state index contributed by atoms with van der Waals surface area (Å²) in [6.45, 7) is 9.30. The van der Waals surface area contributed by atoms with Gasteiger partial charge in [-0.1, -0.05) is 6.92 Å². The number of nitrogens with zero attached hydrogens (tertiary/aromatic N) is 4. The number of amides is 1. The molecule has 1 amide bonds. The van der Waals surface area contributed by atoms with Crippen LogP contribution in [-0.4, -0.2) is 37.8 Å². The number of rotatable bonds is 7. The summed E-state index contributed by atoms with van der Waals surface area (Å²) in [4.78, 5) is 44.9. The number of thiophene rings is 1. The first kappa shape index (κ1) is 23.9. The summed E-state index contributed by atoms with van der Waals surface area (Å²) < 4.78 is 8.19. The lowest BCUT2D eigenvalue weighted by molar-refractivity contribution is -0.118. The molecule has 1 aliphatic rings. The van der Waals surface area contributed by atoms with Gasteiger partial charge in [-0.25, -0.2) is 14.5 Å². The van der Waals surface area contributed by atoms with E-state index in [1.807, 2.05) is 26.8 Å². The van der Waals surface area contributed by atoms with E-state index in [-0.39, 0.29) is 18.1 Å². The molecule has 0 radical (unpaired) electrons. The van der Waals surface area contributed by atoms with E-state index < -0.39 is 17.9 Å². The molecule has 0 spiro atoms. The standard InChI is InChI=1S/C24H29N5O4S/c1-6-16-12-19(30)28(24(25-16)29-14(4)11-13(3)27-29)15(5)21(31)26-22-20(23(32)33-7-2)17-9-8-10-18(17)34-22/h11-12,15H,6-10H2,1-5H3,(H,26,31)/t15-/m0/s1. The van der Waals surface area contributed by atoms with E-state index in [9.17, 15) is 14.4 Å². The summed E-state index contributed by atoms with van der Waals surface area (Å²) in [7, 11) is 0. The van der Waals surface area contributed by atoms with Crippen LogP contribution >= 0.6 is 11.3 Å². The molecule has 3 aromatic rings. The topological polar surface area (TPSA) is 108 Å². The Balaban J connectivity index is 1.73. The van der Waals surface area contributed by atoms with E-state index in [1.165, 1.54) is 22.0 Å². The van der Waals surface area contributed by atoms with Gasteiger partial charge in [0.25, 0.3) is 5.56 Å². The lowest BCUT2D eigenvalue weighted by Crippen LogP contribution is -2.35. The molecular formula is C24H29N5O4S. The van der Waals surface area contributed by atoms with Gasteiger partial charge in [-0.2, -0.15) is 5.10 Å². The minimum atomic E-state index is -0.892. The Bertz CT molecular complexity index is 1320. The molecular weight excluding hydrogens is 454 g/mol. The van der Waals surface area contributed by atoms with Crippen molar-refractivity contribution < 1.29 is 14.3 Å². The Morgan fingerprint density at radius 3 is 2.65 bits per heavy atom. The van der Waals surface area contributed by atoms with Gasteiger partial charge < -0.3 is 10.1 Å². The van der Waals surface area contributed by atoms with E-state index in [2.05, 4.69) is 15.4 Å². The number of hydrogen-bond donors (Lipinski definition) is 1. The Labute approximate surface area is 201 Å². The third-order valence-corrected chi connectivity index (χ3v) is 7.16. The highest BCUT2D eigenvalue weighted by Crippen LogP contribution is 2.39. The van der Waals surface area contributed by atoms with Crippen molar-refractivity contribution in [2.45, 2.75) is 66.3 Å². The molecule has 0 unspecified atom stereocenters. The van der Waals surface area contributed by atoms with Gasteiger partial charge >= 0.3 is 5.97 Å². The molecule has 1 N–H and O–H groups in total. The molecule has 3 heterocycles. The predicted octanol–water partition coefficient (Wildman–Crippen LogP) is 3.53. The molecule has 1 atom stereocenters. The van der Waals surface area contributed by atoms with Crippen LogP contribution in [0.1, 0.15) is 71.1 Å². The highest BCUT2D eigenvalue weighted by molar-refractivity contribution is 7.17. The van der Waals surface area contributed by atoms with Gasteiger partial charge in [-0.3, -0.25) is 14.2 Å². The van der Waals surface area contributed by atoms with Crippen molar-refractivity contribution >= 4 is 28.2 Å². The van der Waals surface area contributed by atoms with Crippen molar-refractivity contribution in [3.8, 4) is 5.95 Å². The Morgan fingerprint density at radius 1 is 1.24 bits per heavy atom. The monoisotopic (exact) mass is 483 g/mol. The second-order valence-corrected chi connectivity index (χ2v) is 9.50. The number of anilines is 1. The van der Waals surface area contributed by atoms with E-state index in [0.29, 0.717) is 22.7 Å². The van der Waals surface area contributed by atoms with Crippen LogP contribution in [0.4, 0.5) is 5.00 Å². The molecule has 0 saturated heterocycles. The molecule has 3 aromatic heterocycles. The fourth-order valence-electron chi connectivity index (χ4n) is 4.30. The number of hydrogen-bond acceptors (Lipinski definition) is 7. The maximum Gasteiger partial charge on any atom is 0.341 e. The van der Waals surface area contributed by atoms with Crippen LogP contribution in [0.2, 0.25) is 0 Å². The molecule has 1 aliphatic carbocycles. The van der Waals surface area contributed by atoms with Crippen LogP contribution in [0, 0.1) is 13.8 Å². The van der Waals surface area contributed by atoms with Crippen molar-refractivity contribution in [1.29, 1.82) is 0 Å². The normalized spacial score (nSPS) is 13.6. The highest BCUT2D eigenvalue weighted by Gasteiger charge is 2.30. The summed E-state index contributed by atoms with van der Waals surface area (Å²) >= 11 is 1.41. The first-order chi connectivity index (χ1) is 16.2. The average molecular weight is 484 g/mol. The SMILES string of the molecule is CCOC(=O)c1c(NC(=O)[C@H](C)n2c(-n3nc(C)cc3C)nc(CC)cc2=O)sc2c1CCC2. The van der Waals surface area contributed by atoms with Crippen LogP contribution in [0.15, 0.2) is 16.9 Å². The largest absolute Gasteiger partial charge is 0.462 e. The van der Waals surface area contributed by atoms with Gasteiger partial charge in [0.2, 0.25) is 11.9 Å². The first-order valence-corrected chi connectivity index (χ1v) is 12.3. The third kappa shape index (κ3) is 4.29. The van der Waals surface area contributed by atoms with Gasteiger partial charge in [0.05, 0.1) is 17.9 Å². The Kier molecular flexibility index (Phi) is 6.70. The molecule has 180 valence electrons. The van der Waals surface area contributed by atoms with Gasteiger partial charge in [0, 0.05) is 22.3 Å². The lowest BCUT2D eigenvalue weighted by Gasteiger charge is -2.20. The van der Waals surface area contributed by atoms with Crippen molar-refractivity contribution in [3.05, 3.63) is 55.6 Å². The Morgan fingerprint density at radius 2 is 2.00 bits per heavy atom. The lowest BCUT2D eigenvalue weighted by atomic mass is 10.1. The van der Waals surface area contributed by atoms with Crippen molar-refractivity contribution in [2.24, 2.45) is 0 Å².